The van der Waals surface area contributed by atoms with E-state index in [4.69, 9.17) is 9.47 Å². The van der Waals surface area contributed by atoms with Crippen LogP contribution in [0.4, 0.5) is 0 Å². The second-order valence-corrected chi connectivity index (χ2v) is 6.10. The van der Waals surface area contributed by atoms with E-state index in [2.05, 4.69) is 39.6 Å². The van der Waals surface area contributed by atoms with Gasteiger partial charge in [-0.3, -0.25) is 4.90 Å². The summed E-state index contributed by atoms with van der Waals surface area (Å²) >= 11 is 0. The van der Waals surface area contributed by atoms with Crippen LogP contribution in [0.25, 0.3) is 0 Å². The molecule has 0 aliphatic carbocycles. The molecule has 0 radical (unpaired) electrons. The Hall–Kier alpha value is -1.92. The Morgan fingerprint density at radius 1 is 1.33 bits per heavy atom. The van der Waals surface area contributed by atoms with Crippen LogP contribution in [0.3, 0.4) is 0 Å². The Labute approximate surface area is 143 Å². The van der Waals surface area contributed by atoms with Crippen molar-refractivity contribution in [1.82, 2.24) is 19.7 Å². The molecule has 6 heteroatoms. The topological polar surface area (TPSA) is 52.4 Å². The predicted molar refractivity (Wildman–Crippen MR) is 92.1 cm³/mol. The zero-order valence-corrected chi connectivity index (χ0v) is 14.5. The number of aryl methyl sites for hydroxylation is 2. The van der Waals surface area contributed by atoms with Crippen molar-refractivity contribution in [1.29, 1.82) is 0 Å². The van der Waals surface area contributed by atoms with Gasteiger partial charge in [0.1, 0.15) is 18.2 Å². The van der Waals surface area contributed by atoms with Crippen LogP contribution >= 0.6 is 0 Å². The second-order valence-electron chi connectivity index (χ2n) is 6.10. The largest absolute Gasteiger partial charge is 0.493 e. The quantitative estimate of drug-likeness (QED) is 0.730. The summed E-state index contributed by atoms with van der Waals surface area (Å²) in [6, 6.07) is 8.15. The van der Waals surface area contributed by atoms with Gasteiger partial charge in [-0.25, -0.2) is 0 Å². The summed E-state index contributed by atoms with van der Waals surface area (Å²) < 4.78 is 13.8. The molecule has 24 heavy (non-hydrogen) atoms. The number of rotatable bonds is 7. The molecule has 3 rings (SSSR count). The molecule has 1 aromatic heterocycles. The molecule has 2 heterocycles. The van der Waals surface area contributed by atoms with Gasteiger partial charge in [-0.2, -0.15) is 0 Å². The van der Waals surface area contributed by atoms with Gasteiger partial charge in [0.15, 0.2) is 5.82 Å². The van der Waals surface area contributed by atoms with Crippen molar-refractivity contribution in [3.8, 4) is 5.75 Å². The number of aromatic nitrogens is 3. The molecule has 0 unspecified atom stereocenters. The summed E-state index contributed by atoms with van der Waals surface area (Å²) in [7, 11) is 0. The molecule has 2 aromatic rings. The molecule has 0 spiro atoms. The van der Waals surface area contributed by atoms with E-state index in [-0.39, 0.29) is 6.10 Å². The summed E-state index contributed by atoms with van der Waals surface area (Å²) in [5.74, 6) is 1.91. The van der Waals surface area contributed by atoms with Gasteiger partial charge in [0.05, 0.1) is 13.2 Å². The van der Waals surface area contributed by atoms with Gasteiger partial charge in [-0.05, 0) is 31.9 Å². The lowest BCUT2D eigenvalue weighted by Gasteiger charge is -2.32. The lowest BCUT2D eigenvalue weighted by molar-refractivity contribution is -0.0369. The maximum absolute atomic E-state index is 5.89. The van der Waals surface area contributed by atoms with Gasteiger partial charge in [0, 0.05) is 26.2 Å². The molecule has 1 aromatic carbocycles. The van der Waals surface area contributed by atoms with Crippen LogP contribution in [0, 0.1) is 6.92 Å². The average molecular weight is 330 g/mol. The Morgan fingerprint density at radius 2 is 2.21 bits per heavy atom. The van der Waals surface area contributed by atoms with Gasteiger partial charge in [0.2, 0.25) is 0 Å². The molecule has 6 nitrogen and oxygen atoms in total. The third-order valence-electron chi connectivity index (χ3n) is 4.39. The summed E-state index contributed by atoms with van der Waals surface area (Å²) in [6.45, 7) is 9.34. The Balaban J connectivity index is 1.45. The number of hydrogen-bond donors (Lipinski definition) is 0. The number of benzene rings is 1. The minimum absolute atomic E-state index is 0.0125. The summed E-state index contributed by atoms with van der Waals surface area (Å²) in [5, 5.41) is 8.23. The molecular weight excluding hydrogens is 304 g/mol. The van der Waals surface area contributed by atoms with Gasteiger partial charge in [0.25, 0.3) is 0 Å². The fraction of sp³-hybridized carbons (Fsp3) is 0.556. The minimum Gasteiger partial charge on any atom is -0.493 e. The third-order valence-corrected chi connectivity index (χ3v) is 4.39. The van der Waals surface area contributed by atoms with Crippen molar-refractivity contribution in [2.45, 2.75) is 32.9 Å². The molecule has 0 amide bonds. The van der Waals surface area contributed by atoms with Crippen LogP contribution in [-0.2, 0) is 11.3 Å². The van der Waals surface area contributed by atoms with Crippen LogP contribution in [0.5, 0.6) is 5.75 Å². The third kappa shape index (κ3) is 4.13. The van der Waals surface area contributed by atoms with Crippen molar-refractivity contribution in [2.24, 2.45) is 0 Å². The molecule has 1 aliphatic heterocycles. The van der Waals surface area contributed by atoms with E-state index in [9.17, 15) is 0 Å². The first-order valence-corrected chi connectivity index (χ1v) is 8.68. The average Bonchev–Trinajstić information content (AvgIpc) is 3.09. The van der Waals surface area contributed by atoms with E-state index in [0.29, 0.717) is 0 Å². The number of nitrogens with zero attached hydrogens (tertiary/aromatic N) is 4. The maximum Gasteiger partial charge on any atom is 0.163 e. The monoisotopic (exact) mass is 330 g/mol. The summed E-state index contributed by atoms with van der Waals surface area (Å²) in [5.41, 5.74) is 1.18. The molecule has 1 saturated heterocycles. The van der Waals surface area contributed by atoms with Crippen LogP contribution in [0.2, 0.25) is 0 Å². The predicted octanol–water partition coefficient (Wildman–Crippen LogP) is 2.45. The lowest BCUT2D eigenvalue weighted by Crippen LogP contribution is -2.40. The smallest absolute Gasteiger partial charge is 0.163 e. The molecule has 1 aliphatic rings. The molecule has 0 bridgehead atoms. The zero-order valence-electron chi connectivity index (χ0n) is 14.5. The molecular formula is C18H26N4O2. The van der Waals surface area contributed by atoms with E-state index < -0.39 is 0 Å². The maximum atomic E-state index is 5.89. The minimum atomic E-state index is 0.0125. The van der Waals surface area contributed by atoms with Crippen LogP contribution in [-0.4, -0.2) is 52.5 Å². The fourth-order valence-corrected chi connectivity index (χ4v) is 3.01. The standard InChI is InChI=1S/C18H26N4O2/c1-3-22-14-19-20-18(22)17-13-21(10-12-24-17)9-6-11-23-16-8-5-4-7-15(16)2/h4-5,7-8,14,17H,3,6,9-13H2,1-2H3/t17-/m1/s1. The summed E-state index contributed by atoms with van der Waals surface area (Å²) in [6.07, 6.45) is 2.79. The van der Waals surface area contributed by atoms with E-state index in [1.165, 1.54) is 5.56 Å². The van der Waals surface area contributed by atoms with Crippen LogP contribution < -0.4 is 4.74 Å². The van der Waals surface area contributed by atoms with Crippen LogP contribution in [0.15, 0.2) is 30.6 Å². The van der Waals surface area contributed by atoms with Crippen LogP contribution in [0.1, 0.15) is 30.8 Å². The molecule has 0 N–H and O–H groups in total. The Bertz CT molecular complexity index is 643. The highest BCUT2D eigenvalue weighted by molar-refractivity contribution is 5.31. The molecule has 130 valence electrons. The first-order valence-electron chi connectivity index (χ1n) is 8.68. The highest BCUT2D eigenvalue weighted by atomic mass is 16.5. The SMILES string of the molecule is CCn1cnnc1[C@H]1CN(CCCOc2ccccc2C)CCO1. The van der Waals surface area contributed by atoms with E-state index in [1.807, 2.05) is 18.2 Å². The highest BCUT2D eigenvalue weighted by Gasteiger charge is 2.25. The molecule has 1 atom stereocenters. The first-order chi connectivity index (χ1) is 11.8. The Kier molecular flexibility index (Phi) is 5.82. The zero-order chi connectivity index (χ0) is 16.8. The van der Waals surface area contributed by atoms with Crippen molar-refractivity contribution in [3.63, 3.8) is 0 Å². The summed E-state index contributed by atoms with van der Waals surface area (Å²) in [4.78, 5) is 2.42. The van der Waals surface area contributed by atoms with Gasteiger partial charge < -0.3 is 14.0 Å². The fourth-order valence-electron chi connectivity index (χ4n) is 3.01. The van der Waals surface area contributed by atoms with Crippen molar-refractivity contribution >= 4 is 0 Å². The van der Waals surface area contributed by atoms with Gasteiger partial charge in [-0.1, -0.05) is 18.2 Å². The lowest BCUT2D eigenvalue weighted by atomic mass is 10.2. The van der Waals surface area contributed by atoms with E-state index >= 15 is 0 Å². The molecule has 1 fully saturated rings. The second kappa shape index (κ2) is 8.26. The highest BCUT2D eigenvalue weighted by Crippen LogP contribution is 2.21. The molecule has 0 saturated carbocycles. The first kappa shape index (κ1) is 16.9. The number of ether oxygens (including phenoxy) is 2. The van der Waals surface area contributed by atoms with Crippen molar-refractivity contribution < 1.29 is 9.47 Å². The van der Waals surface area contributed by atoms with Gasteiger partial charge in [-0.15, -0.1) is 10.2 Å². The van der Waals surface area contributed by atoms with E-state index in [1.54, 1.807) is 6.33 Å². The normalized spacial score (nSPS) is 18.7. The number of hydrogen-bond acceptors (Lipinski definition) is 5. The van der Waals surface area contributed by atoms with Crippen molar-refractivity contribution in [3.05, 3.63) is 42.0 Å². The van der Waals surface area contributed by atoms with Gasteiger partial charge >= 0.3 is 0 Å². The number of morpholine rings is 1. The number of para-hydroxylation sites is 1. The Morgan fingerprint density at radius 3 is 3.04 bits per heavy atom. The van der Waals surface area contributed by atoms with E-state index in [0.717, 1.165) is 57.4 Å². The van der Waals surface area contributed by atoms with Crippen molar-refractivity contribution in [2.75, 3.05) is 32.8 Å².